The number of nitrogens with one attached hydrogen (secondary N) is 4. The molecule has 3 aromatic carbocycles. The van der Waals surface area contributed by atoms with E-state index in [0.29, 0.717) is 17.1 Å². The number of aromatic amines is 1. The van der Waals surface area contributed by atoms with Crippen LogP contribution < -0.4 is 20.7 Å². The van der Waals surface area contributed by atoms with Gasteiger partial charge in [-0.25, -0.2) is 4.79 Å². The van der Waals surface area contributed by atoms with E-state index in [1.807, 2.05) is 85.2 Å². The molecule has 7 heteroatoms. The van der Waals surface area contributed by atoms with Crippen LogP contribution in [0.5, 0.6) is 11.5 Å². The first-order chi connectivity index (χ1) is 16.7. The molecule has 1 aliphatic rings. The van der Waals surface area contributed by atoms with Crippen LogP contribution in [0.4, 0.5) is 16.2 Å². The second-order valence-corrected chi connectivity index (χ2v) is 7.66. The third-order valence-corrected chi connectivity index (χ3v) is 5.27. The lowest BCUT2D eigenvalue weighted by molar-refractivity contribution is 0.262. The lowest BCUT2D eigenvalue weighted by atomic mass is 10.0. The highest BCUT2D eigenvalue weighted by Crippen LogP contribution is 2.30. The Balaban J connectivity index is 1.24. The predicted octanol–water partition coefficient (Wildman–Crippen LogP) is 6.01. The number of rotatable bonds is 6. The average molecular weight is 450 g/mol. The maximum absolute atomic E-state index is 12.6. The van der Waals surface area contributed by atoms with Gasteiger partial charge < -0.3 is 20.7 Å². The number of aromatic nitrogens is 2. The molecule has 0 fully saturated rings. The molecule has 0 unspecified atom stereocenters. The molecule has 5 rings (SSSR count). The Morgan fingerprint density at radius 1 is 0.882 bits per heavy atom. The Morgan fingerprint density at radius 3 is 2.47 bits per heavy atom. The fraction of sp³-hybridized carbons (Fsp3) is 0.0370. The van der Waals surface area contributed by atoms with Gasteiger partial charge in [0.2, 0.25) is 0 Å². The largest absolute Gasteiger partial charge is 0.457 e. The molecule has 2 heterocycles. The van der Waals surface area contributed by atoms with Crippen LogP contribution in [0, 0.1) is 0 Å². The van der Waals surface area contributed by atoms with Gasteiger partial charge in [0.05, 0.1) is 11.9 Å². The minimum Gasteiger partial charge on any atom is -0.457 e. The molecule has 168 valence electrons. The van der Waals surface area contributed by atoms with Gasteiger partial charge in [-0.2, -0.15) is 5.10 Å². The topological polar surface area (TPSA) is 91.1 Å². The summed E-state index contributed by atoms with van der Waals surface area (Å²) >= 11 is 0. The number of carbonyl (C=O) groups is 1. The number of dihydropyridines is 1. The minimum absolute atomic E-state index is 0.331. The normalized spacial score (nSPS) is 12.4. The van der Waals surface area contributed by atoms with Crippen LogP contribution in [0.1, 0.15) is 5.56 Å². The predicted molar refractivity (Wildman–Crippen MR) is 135 cm³/mol. The highest BCUT2D eigenvalue weighted by Gasteiger charge is 2.13. The molecule has 0 radical (unpaired) electrons. The first-order valence-electron chi connectivity index (χ1n) is 10.9. The van der Waals surface area contributed by atoms with Gasteiger partial charge in [0.25, 0.3) is 0 Å². The lowest BCUT2D eigenvalue weighted by Gasteiger charge is -2.11. The molecule has 0 saturated carbocycles. The van der Waals surface area contributed by atoms with Crippen molar-refractivity contribution < 1.29 is 9.53 Å². The van der Waals surface area contributed by atoms with Gasteiger partial charge in [0.15, 0.2) is 0 Å². The van der Waals surface area contributed by atoms with Crippen LogP contribution in [-0.4, -0.2) is 22.8 Å². The van der Waals surface area contributed by atoms with Gasteiger partial charge in [-0.05, 0) is 66.4 Å². The number of para-hydroxylation sites is 1. The van der Waals surface area contributed by atoms with E-state index in [9.17, 15) is 4.79 Å². The minimum atomic E-state index is -0.331. The van der Waals surface area contributed by atoms with Crippen molar-refractivity contribution in [2.45, 2.75) is 0 Å². The molecule has 2 amide bonds. The summed E-state index contributed by atoms with van der Waals surface area (Å²) in [6.45, 7) is 0.775. The molecule has 4 N–H and O–H groups in total. The van der Waals surface area contributed by atoms with Crippen molar-refractivity contribution in [3.63, 3.8) is 0 Å². The summed E-state index contributed by atoms with van der Waals surface area (Å²) in [6, 6.07) is 24.1. The molecule has 0 atom stereocenters. The Hall–Kier alpha value is -4.78. The fourth-order valence-electron chi connectivity index (χ4n) is 3.66. The van der Waals surface area contributed by atoms with Crippen molar-refractivity contribution in [2.24, 2.45) is 0 Å². The molecule has 0 bridgehead atoms. The number of benzene rings is 3. The molecule has 0 spiro atoms. The summed E-state index contributed by atoms with van der Waals surface area (Å²) in [5.74, 6) is 1.45. The SMILES string of the molecule is O=C(Nc1ccc(Oc2ccccc2)cc1)Nc1cccc(-c2[nH]ncc2C2=CCNC=C2)c1. The smallest absolute Gasteiger partial charge is 0.323 e. The number of H-pyrrole nitrogens is 1. The third-order valence-electron chi connectivity index (χ3n) is 5.27. The summed E-state index contributed by atoms with van der Waals surface area (Å²) in [5.41, 5.74) is 5.27. The zero-order valence-corrected chi connectivity index (χ0v) is 18.3. The Morgan fingerprint density at radius 2 is 1.68 bits per heavy atom. The summed E-state index contributed by atoms with van der Waals surface area (Å²) < 4.78 is 5.79. The molecule has 1 aromatic heterocycles. The summed E-state index contributed by atoms with van der Waals surface area (Å²) in [4.78, 5) is 12.6. The number of allylic oxidation sites excluding steroid dienone is 2. The summed E-state index contributed by atoms with van der Waals surface area (Å²) in [7, 11) is 0. The van der Waals surface area contributed by atoms with Crippen LogP contribution in [0.15, 0.2) is 103 Å². The monoisotopic (exact) mass is 449 g/mol. The third kappa shape index (κ3) is 4.99. The Bertz CT molecular complexity index is 1340. The molecule has 4 aromatic rings. The average Bonchev–Trinajstić information content (AvgIpc) is 3.37. The van der Waals surface area contributed by atoms with Crippen molar-refractivity contribution in [2.75, 3.05) is 17.2 Å². The number of carbonyl (C=O) groups excluding carboxylic acids is 1. The molecular weight excluding hydrogens is 426 g/mol. The number of hydrogen-bond donors (Lipinski definition) is 4. The molecule has 7 nitrogen and oxygen atoms in total. The standard InChI is InChI=1S/C27H23N5O2/c33-27(30-21-9-11-24(12-10-21)34-23-7-2-1-3-8-23)31-22-6-4-5-20(17-22)26-25(18-29-32-26)19-13-15-28-16-14-19/h1-15,17-18,28H,16H2,(H,29,32)(H2,30,31,33). The second kappa shape index (κ2) is 9.79. The maximum Gasteiger partial charge on any atom is 0.323 e. The van der Waals surface area contributed by atoms with E-state index >= 15 is 0 Å². The van der Waals surface area contributed by atoms with E-state index in [1.165, 1.54) is 0 Å². The van der Waals surface area contributed by atoms with Gasteiger partial charge in [-0.3, -0.25) is 5.10 Å². The lowest BCUT2D eigenvalue weighted by Crippen LogP contribution is -2.19. The van der Waals surface area contributed by atoms with Gasteiger partial charge >= 0.3 is 6.03 Å². The van der Waals surface area contributed by atoms with Crippen LogP contribution in [0.2, 0.25) is 0 Å². The Kier molecular flexibility index (Phi) is 6.07. The zero-order valence-electron chi connectivity index (χ0n) is 18.3. The fourth-order valence-corrected chi connectivity index (χ4v) is 3.66. The summed E-state index contributed by atoms with van der Waals surface area (Å²) in [6.07, 6.45) is 7.87. The van der Waals surface area contributed by atoms with Crippen molar-refractivity contribution in [1.29, 1.82) is 0 Å². The number of ether oxygens (including phenoxy) is 1. The van der Waals surface area contributed by atoms with Gasteiger partial charge in [-0.1, -0.05) is 36.4 Å². The molecule has 1 aliphatic heterocycles. The van der Waals surface area contributed by atoms with E-state index in [-0.39, 0.29) is 6.03 Å². The van der Waals surface area contributed by atoms with E-state index in [1.54, 1.807) is 12.1 Å². The zero-order chi connectivity index (χ0) is 23.2. The molecule has 0 aliphatic carbocycles. The number of hydrogen-bond acceptors (Lipinski definition) is 4. The van der Waals surface area contributed by atoms with Gasteiger partial charge in [0.1, 0.15) is 11.5 Å². The second-order valence-electron chi connectivity index (χ2n) is 7.66. The molecule has 34 heavy (non-hydrogen) atoms. The molecule has 0 saturated heterocycles. The van der Waals surface area contributed by atoms with Crippen LogP contribution >= 0.6 is 0 Å². The van der Waals surface area contributed by atoms with Crippen LogP contribution in [0.25, 0.3) is 16.8 Å². The van der Waals surface area contributed by atoms with E-state index in [0.717, 1.165) is 34.7 Å². The van der Waals surface area contributed by atoms with E-state index < -0.39 is 0 Å². The number of urea groups is 1. The quantitative estimate of drug-likeness (QED) is 0.290. The van der Waals surface area contributed by atoms with E-state index in [2.05, 4.69) is 32.2 Å². The first kappa shape index (κ1) is 21.1. The number of nitrogens with zero attached hydrogens (tertiary/aromatic N) is 1. The van der Waals surface area contributed by atoms with Gasteiger partial charge in [0, 0.05) is 29.0 Å². The van der Waals surface area contributed by atoms with Crippen molar-refractivity contribution in [1.82, 2.24) is 15.5 Å². The van der Waals surface area contributed by atoms with Crippen LogP contribution in [0.3, 0.4) is 0 Å². The first-order valence-corrected chi connectivity index (χ1v) is 10.9. The van der Waals surface area contributed by atoms with Gasteiger partial charge in [-0.15, -0.1) is 0 Å². The van der Waals surface area contributed by atoms with Crippen molar-refractivity contribution in [3.8, 4) is 22.8 Å². The highest BCUT2D eigenvalue weighted by molar-refractivity contribution is 6.00. The number of amides is 2. The summed E-state index contributed by atoms with van der Waals surface area (Å²) in [5, 5.41) is 16.2. The highest BCUT2D eigenvalue weighted by atomic mass is 16.5. The van der Waals surface area contributed by atoms with Crippen molar-refractivity contribution >= 4 is 23.0 Å². The van der Waals surface area contributed by atoms with Crippen molar-refractivity contribution in [3.05, 3.63) is 109 Å². The maximum atomic E-state index is 12.6. The molecular formula is C27H23N5O2. The van der Waals surface area contributed by atoms with E-state index in [4.69, 9.17) is 4.74 Å². The Labute approximate surface area is 197 Å². The number of anilines is 2. The van der Waals surface area contributed by atoms with Crippen LogP contribution in [-0.2, 0) is 0 Å².